The van der Waals surface area contributed by atoms with Crippen molar-refractivity contribution in [2.75, 3.05) is 27.4 Å². The monoisotopic (exact) mass is 382 g/mol. The van der Waals surface area contributed by atoms with E-state index in [0.29, 0.717) is 19.5 Å². The van der Waals surface area contributed by atoms with Crippen LogP contribution in [0.3, 0.4) is 0 Å². The predicted molar refractivity (Wildman–Crippen MR) is 107 cm³/mol. The number of carbonyl (C=O) groups is 1. The van der Waals surface area contributed by atoms with E-state index in [1.165, 1.54) is 12.7 Å². The Morgan fingerprint density at radius 2 is 2.00 bits per heavy atom. The van der Waals surface area contributed by atoms with E-state index >= 15 is 0 Å². The number of benzene rings is 2. The van der Waals surface area contributed by atoms with Gasteiger partial charge in [0, 0.05) is 20.1 Å². The maximum atomic E-state index is 12.6. The molecule has 0 saturated heterocycles. The van der Waals surface area contributed by atoms with E-state index in [4.69, 9.17) is 14.3 Å². The third kappa shape index (κ3) is 5.10. The number of carbonyl (C=O) groups excluding carboxylic acids is 1. The number of hydrogen-bond donors (Lipinski definition) is 0. The number of ether oxygens (including phenoxy) is 2. The van der Waals surface area contributed by atoms with E-state index in [2.05, 4.69) is 24.2 Å². The average Bonchev–Trinajstić information content (AvgIpc) is 3.17. The Labute approximate surface area is 165 Å². The van der Waals surface area contributed by atoms with Gasteiger partial charge in [-0.25, -0.2) is 0 Å². The van der Waals surface area contributed by atoms with E-state index in [1.54, 1.807) is 12.0 Å². The molecule has 0 N–H and O–H groups in total. The summed E-state index contributed by atoms with van der Waals surface area (Å²) in [5, 5.41) is 4.24. The number of amides is 1. The van der Waals surface area contributed by atoms with Crippen molar-refractivity contribution in [3.63, 3.8) is 0 Å². The van der Waals surface area contributed by atoms with Crippen molar-refractivity contribution in [2.24, 2.45) is 5.16 Å². The first-order valence-corrected chi connectivity index (χ1v) is 9.28. The van der Waals surface area contributed by atoms with E-state index in [0.717, 1.165) is 22.6 Å². The fraction of sp³-hybridized carbons (Fsp3) is 0.364. The lowest BCUT2D eigenvalue weighted by Gasteiger charge is -2.25. The summed E-state index contributed by atoms with van der Waals surface area (Å²) >= 11 is 0. The summed E-state index contributed by atoms with van der Waals surface area (Å²) in [5.41, 5.74) is 4.15. The largest absolute Gasteiger partial charge is 0.497 e. The molecule has 0 saturated carbocycles. The minimum absolute atomic E-state index is 0.0301. The van der Waals surface area contributed by atoms with Crippen LogP contribution < -0.4 is 4.74 Å². The zero-order chi connectivity index (χ0) is 19.9. The van der Waals surface area contributed by atoms with Crippen molar-refractivity contribution in [1.82, 2.24) is 4.90 Å². The Kier molecular flexibility index (Phi) is 6.66. The second-order valence-electron chi connectivity index (χ2n) is 6.89. The highest BCUT2D eigenvalue weighted by Gasteiger charge is 2.27. The van der Waals surface area contributed by atoms with Crippen LogP contribution in [0.2, 0.25) is 0 Å². The van der Waals surface area contributed by atoms with Gasteiger partial charge in [-0.2, -0.15) is 0 Å². The number of oxime groups is 1. The Hall–Kier alpha value is -2.86. The second-order valence-corrected chi connectivity index (χ2v) is 6.89. The molecule has 3 rings (SSSR count). The molecule has 6 nitrogen and oxygen atoms in total. The maximum absolute atomic E-state index is 12.6. The molecule has 1 unspecified atom stereocenters. The molecule has 1 aliphatic rings. The standard InChI is InChI=1S/C22H26N2O4/c1-16-7-9-18(10-8-16)21-12-20(28-23-21)14-24(22(25)15-26-2)13-17-5-4-6-19(11-17)27-3/h4-11,20H,12-15H2,1-3H3. The number of aryl methyl sites for hydroxylation is 1. The molecular weight excluding hydrogens is 356 g/mol. The number of rotatable bonds is 8. The van der Waals surface area contributed by atoms with Gasteiger partial charge in [-0.15, -0.1) is 0 Å². The van der Waals surface area contributed by atoms with E-state index in [1.807, 2.05) is 36.4 Å². The molecule has 0 spiro atoms. The van der Waals surface area contributed by atoms with Crippen molar-refractivity contribution in [1.29, 1.82) is 0 Å². The summed E-state index contributed by atoms with van der Waals surface area (Å²) in [6.07, 6.45) is 0.487. The van der Waals surface area contributed by atoms with Crippen LogP contribution in [0.15, 0.2) is 53.7 Å². The van der Waals surface area contributed by atoms with Gasteiger partial charge in [0.1, 0.15) is 12.4 Å². The molecule has 0 aliphatic carbocycles. The molecule has 148 valence electrons. The highest BCUT2D eigenvalue weighted by molar-refractivity contribution is 6.01. The van der Waals surface area contributed by atoms with Gasteiger partial charge in [-0.3, -0.25) is 4.79 Å². The first kappa shape index (κ1) is 19.9. The highest BCUT2D eigenvalue weighted by atomic mass is 16.6. The van der Waals surface area contributed by atoms with Crippen LogP contribution in [-0.2, 0) is 20.9 Å². The molecule has 1 heterocycles. The zero-order valence-corrected chi connectivity index (χ0v) is 16.6. The van der Waals surface area contributed by atoms with Crippen LogP contribution in [0.4, 0.5) is 0 Å². The molecule has 1 atom stereocenters. The quantitative estimate of drug-likeness (QED) is 0.704. The van der Waals surface area contributed by atoms with Crippen LogP contribution in [0.25, 0.3) is 0 Å². The van der Waals surface area contributed by atoms with Gasteiger partial charge in [-0.1, -0.05) is 47.1 Å². The second kappa shape index (κ2) is 9.37. The van der Waals surface area contributed by atoms with Crippen molar-refractivity contribution < 1.29 is 19.1 Å². The lowest BCUT2D eigenvalue weighted by molar-refractivity contribution is -0.137. The molecule has 1 amide bonds. The predicted octanol–water partition coefficient (Wildman–Crippen LogP) is 3.17. The van der Waals surface area contributed by atoms with Crippen LogP contribution in [-0.4, -0.2) is 50.0 Å². The molecule has 2 aromatic rings. The number of nitrogens with zero attached hydrogens (tertiary/aromatic N) is 2. The highest BCUT2D eigenvalue weighted by Crippen LogP contribution is 2.20. The van der Waals surface area contributed by atoms with Crippen molar-refractivity contribution >= 4 is 11.6 Å². The van der Waals surface area contributed by atoms with Gasteiger partial charge in [-0.05, 0) is 30.2 Å². The summed E-state index contributed by atoms with van der Waals surface area (Å²) in [7, 11) is 3.15. The molecule has 28 heavy (non-hydrogen) atoms. The molecule has 0 bridgehead atoms. The summed E-state index contributed by atoms with van der Waals surface area (Å²) in [5.74, 6) is 0.677. The number of hydrogen-bond acceptors (Lipinski definition) is 5. The maximum Gasteiger partial charge on any atom is 0.248 e. The molecule has 0 fully saturated rings. The Morgan fingerprint density at radius 1 is 1.21 bits per heavy atom. The first-order chi connectivity index (χ1) is 13.6. The van der Waals surface area contributed by atoms with Crippen molar-refractivity contribution in [3.8, 4) is 5.75 Å². The van der Waals surface area contributed by atoms with Crippen molar-refractivity contribution in [2.45, 2.75) is 26.0 Å². The summed E-state index contributed by atoms with van der Waals surface area (Å²) in [6.45, 7) is 2.98. The third-order valence-electron chi connectivity index (χ3n) is 4.67. The Bertz CT molecular complexity index is 833. The van der Waals surface area contributed by atoms with Crippen LogP contribution in [0, 0.1) is 6.92 Å². The third-order valence-corrected chi connectivity index (χ3v) is 4.67. The fourth-order valence-electron chi connectivity index (χ4n) is 3.15. The van der Waals surface area contributed by atoms with Crippen LogP contribution in [0.1, 0.15) is 23.1 Å². The summed E-state index contributed by atoms with van der Waals surface area (Å²) in [6, 6.07) is 15.9. The Balaban J connectivity index is 1.66. The van der Waals surface area contributed by atoms with Gasteiger partial charge in [0.15, 0.2) is 6.10 Å². The van der Waals surface area contributed by atoms with Gasteiger partial charge in [0.2, 0.25) is 5.91 Å². The fourth-order valence-corrected chi connectivity index (χ4v) is 3.15. The molecule has 0 aromatic heterocycles. The van der Waals surface area contributed by atoms with E-state index in [-0.39, 0.29) is 18.6 Å². The Morgan fingerprint density at radius 3 is 2.71 bits per heavy atom. The van der Waals surface area contributed by atoms with Crippen LogP contribution in [0.5, 0.6) is 5.75 Å². The zero-order valence-electron chi connectivity index (χ0n) is 16.6. The van der Waals surface area contributed by atoms with Gasteiger partial charge < -0.3 is 19.2 Å². The summed E-state index contributed by atoms with van der Waals surface area (Å²) < 4.78 is 10.3. The number of methoxy groups -OCH3 is 2. The first-order valence-electron chi connectivity index (χ1n) is 9.28. The smallest absolute Gasteiger partial charge is 0.248 e. The molecule has 6 heteroatoms. The SMILES string of the molecule is COCC(=O)N(Cc1cccc(OC)c1)CC1CC(c2ccc(C)cc2)=NO1. The van der Waals surface area contributed by atoms with Crippen molar-refractivity contribution in [3.05, 3.63) is 65.2 Å². The van der Waals surface area contributed by atoms with Gasteiger partial charge in [0.25, 0.3) is 0 Å². The molecule has 1 aliphatic heterocycles. The molecular formula is C22H26N2O4. The van der Waals surface area contributed by atoms with Crippen LogP contribution >= 0.6 is 0 Å². The average molecular weight is 382 g/mol. The molecule has 2 aromatic carbocycles. The van der Waals surface area contributed by atoms with Gasteiger partial charge in [0.05, 0.1) is 19.4 Å². The topological polar surface area (TPSA) is 60.4 Å². The minimum atomic E-state index is -0.178. The van der Waals surface area contributed by atoms with E-state index < -0.39 is 0 Å². The van der Waals surface area contributed by atoms with E-state index in [9.17, 15) is 4.79 Å². The normalized spacial score (nSPS) is 15.7. The minimum Gasteiger partial charge on any atom is -0.497 e. The van der Waals surface area contributed by atoms with Gasteiger partial charge >= 0.3 is 0 Å². The lowest BCUT2D eigenvalue weighted by atomic mass is 10.0. The lowest BCUT2D eigenvalue weighted by Crippen LogP contribution is -2.39. The summed E-state index contributed by atoms with van der Waals surface area (Å²) in [4.78, 5) is 19.9. The molecule has 0 radical (unpaired) electrons.